The molecule has 0 bridgehead atoms. The second kappa shape index (κ2) is 7.66. The van der Waals surface area contributed by atoms with Crippen LogP contribution < -0.4 is 0 Å². The average molecular weight is 350 g/mol. The van der Waals surface area contributed by atoms with Crippen molar-refractivity contribution in [1.82, 2.24) is 9.80 Å². The molecular weight excluding hydrogens is 324 g/mol. The highest BCUT2D eigenvalue weighted by Gasteiger charge is 2.32. The number of carbonyl (C=O) groups excluding carboxylic acids is 2. The zero-order valence-corrected chi connectivity index (χ0v) is 15.3. The Morgan fingerprint density at radius 1 is 1.29 bits per heavy atom. The number of likely N-dealkylation sites (tertiary alicyclic amines) is 2. The summed E-state index contributed by atoms with van der Waals surface area (Å²) in [7, 11) is 1.69. The Bertz CT molecular complexity index is 593. The molecule has 2 amide bonds. The molecule has 0 aliphatic carbocycles. The van der Waals surface area contributed by atoms with Crippen LogP contribution in [0.2, 0.25) is 0 Å². The lowest BCUT2D eigenvalue weighted by atomic mass is 9.96. The molecule has 1 aromatic rings. The minimum Gasteiger partial charge on any atom is -0.384 e. The summed E-state index contributed by atoms with van der Waals surface area (Å²) in [5.74, 6) is 1.25. The first kappa shape index (κ1) is 17.4. The maximum atomic E-state index is 12.5. The fourth-order valence-electron chi connectivity index (χ4n) is 3.71. The van der Waals surface area contributed by atoms with E-state index in [2.05, 4.69) is 0 Å². The van der Waals surface area contributed by atoms with E-state index in [1.54, 1.807) is 18.4 Å². The molecule has 132 valence electrons. The lowest BCUT2D eigenvalue weighted by Crippen LogP contribution is -2.41. The van der Waals surface area contributed by atoms with Crippen molar-refractivity contribution in [3.8, 4) is 0 Å². The second-order valence-corrected chi connectivity index (χ2v) is 8.26. The lowest BCUT2D eigenvalue weighted by molar-refractivity contribution is -0.128. The molecule has 2 aliphatic heterocycles. The molecule has 2 fully saturated rings. The van der Waals surface area contributed by atoms with Crippen molar-refractivity contribution in [2.45, 2.75) is 26.2 Å². The summed E-state index contributed by atoms with van der Waals surface area (Å²) in [4.78, 5) is 30.6. The summed E-state index contributed by atoms with van der Waals surface area (Å²) in [6, 6.07) is 3.92. The van der Waals surface area contributed by atoms with Crippen molar-refractivity contribution >= 4 is 23.2 Å². The van der Waals surface area contributed by atoms with E-state index in [-0.39, 0.29) is 11.8 Å². The lowest BCUT2D eigenvalue weighted by Gasteiger charge is -2.33. The average Bonchev–Trinajstić information content (AvgIpc) is 3.14. The molecule has 1 atom stereocenters. The molecular formula is C18H26N2O3S. The number of aryl methyl sites for hydroxylation is 1. The molecule has 0 radical (unpaired) electrons. The molecule has 6 heteroatoms. The number of ether oxygens (including phenoxy) is 1. The highest BCUT2D eigenvalue weighted by molar-refractivity contribution is 7.13. The van der Waals surface area contributed by atoms with Crippen LogP contribution in [0.1, 0.15) is 33.8 Å². The quantitative estimate of drug-likeness (QED) is 0.819. The van der Waals surface area contributed by atoms with Crippen LogP contribution in [0.15, 0.2) is 12.1 Å². The van der Waals surface area contributed by atoms with Gasteiger partial charge in [0, 0.05) is 50.5 Å². The van der Waals surface area contributed by atoms with Crippen LogP contribution in [-0.4, -0.2) is 61.5 Å². The number of nitrogens with zero attached hydrogens (tertiary/aromatic N) is 2. The third kappa shape index (κ3) is 3.98. The van der Waals surface area contributed by atoms with E-state index in [4.69, 9.17) is 4.74 Å². The number of hydrogen-bond acceptors (Lipinski definition) is 4. The van der Waals surface area contributed by atoms with Gasteiger partial charge in [-0.3, -0.25) is 9.59 Å². The molecule has 3 heterocycles. The topological polar surface area (TPSA) is 49.9 Å². The van der Waals surface area contributed by atoms with E-state index < -0.39 is 0 Å². The van der Waals surface area contributed by atoms with Crippen LogP contribution in [0.3, 0.4) is 0 Å². The van der Waals surface area contributed by atoms with Crippen molar-refractivity contribution in [2.75, 3.05) is 39.9 Å². The summed E-state index contributed by atoms with van der Waals surface area (Å²) in [6.07, 6.45) is 2.58. The second-order valence-electron chi connectivity index (χ2n) is 6.97. The van der Waals surface area contributed by atoms with E-state index >= 15 is 0 Å². The van der Waals surface area contributed by atoms with Crippen LogP contribution in [0.25, 0.3) is 0 Å². The van der Waals surface area contributed by atoms with Crippen LogP contribution in [0.5, 0.6) is 0 Å². The van der Waals surface area contributed by atoms with Crippen molar-refractivity contribution in [3.05, 3.63) is 21.9 Å². The maximum Gasteiger partial charge on any atom is 0.263 e. The SMILES string of the molecule is COCC1CC(=O)N(CC2CCN(C(=O)c3ccc(C)s3)CC2)C1. The van der Waals surface area contributed by atoms with E-state index in [1.807, 2.05) is 28.9 Å². The maximum absolute atomic E-state index is 12.5. The van der Waals surface area contributed by atoms with Gasteiger partial charge in [-0.1, -0.05) is 0 Å². The fraction of sp³-hybridized carbons (Fsp3) is 0.667. The van der Waals surface area contributed by atoms with Gasteiger partial charge in [-0.05, 0) is 37.8 Å². The molecule has 1 aromatic heterocycles. The van der Waals surface area contributed by atoms with Gasteiger partial charge in [0.15, 0.2) is 0 Å². The van der Waals surface area contributed by atoms with Gasteiger partial charge in [-0.25, -0.2) is 0 Å². The van der Waals surface area contributed by atoms with Gasteiger partial charge in [-0.2, -0.15) is 0 Å². The Kier molecular flexibility index (Phi) is 5.56. The number of methoxy groups -OCH3 is 1. The summed E-state index contributed by atoms with van der Waals surface area (Å²) in [6.45, 7) is 5.93. The molecule has 3 rings (SSSR count). The predicted molar refractivity (Wildman–Crippen MR) is 94.2 cm³/mol. The Morgan fingerprint density at radius 3 is 2.67 bits per heavy atom. The summed E-state index contributed by atoms with van der Waals surface area (Å²) in [5, 5.41) is 0. The Morgan fingerprint density at radius 2 is 2.04 bits per heavy atom. The predicted octanol–water partition coefficient (Wildman–Crippen LogP) is 2.40. The Balaban J connectivity index is 1.47. The van der Waals surface area contributed by atoms with E-state index in [1.165, 1.54) is 4.88 Å². The van der Waals surface area contributed by atoms with Gasteiger partial charge in [0.25, 0.3) is 5.91 Å². The number of hydrogen-bond donors (Lipinski definition) is 0. The van der Waals surface area contributed by atoms with Gasteiger partial charge >= 0.3 is 0 Å². The summed E-state index contributed by atoms with van der Waals surface area (Å²) in [5.41, 5.74) is 0. The normalized spacial score (nSPS) is 22.4. The third-order valence-electron chi connectivity index (χ3n) is 5.03. The molecule has 0 N–H and O–H groups in total. The van der Waals surface area contributed by atoms with Crippen LogP contribution in [0, 0.1) is 18.8 Å². The zero-order chi connectivity index (χ0) is 17.1. The van der Waals surface area contributed by atoms with E-state index in [0.29, 0.717) is 24.9 Å². The van der Waals surface area contributed by atoms with Gasteiger partial charge in [-0.15, -0.1) is 11.3 Å². The third-order valence-corrected chi connectivity index (χ3v) is 6.02. The van der Waals surface area contributed by atoms with Crippen molar-refractivity contribution in [2.24, 2.45) is 11.8 Å². The minimum absolute atomic E-state index is 0.156. The van der Waals surface area contributed by atoms with E-state index in [0.717, 1.165) is 43.9 Å². The van der Waals surface area contributed by atoms with Crippen LogP contribution in [0.4, 0.5) is 0 Å². The first-order valence-electron chi connectivity index (χ1n) is 8.69. The Hall–Kier alpha value is -1.40. The molecule has 0 saturated carbocycles. The van der Waals surface area contributed by atoms with Gasteiger partial charge in [0.1, 0.15) is 0 Å². The van der Waals surface area contributed by atoms with Crippen molar-refractivity contribution in [3.63, 3.8) is 0 Å². The van der Waals surface area contributed by atoms with Crippen molar-refractivity contribution < 1.29 is 14.3 Å². The fourth-order valence-corrected chi connectivity index (χ4v) is 4.55. The highest BCUT2D eigenvalue weighted by atomic mass is 32.1. The van der Waals surface area contributed by atoms with Gasteiger partial charge in [0.05, 0.1) is 11.5 Å². The number of piperidine rings is 1. The number of carbonyl (C=O) groups is 2. The van der Waals surface area contributed by atoms with Gasteiger partial charge < -0.3 is 14.5 Å². The monoisotopic (exact) mass is 350 g/mol. The minimum atomic E-state index is 0.156. The largest absolute Gasteiger partial charge is 0.384 e. The molecule has 24 heavy (non-hydrogen) atoms. The van der Waals surface area contributed by atoms with Crippen LogP contribution in [-0.2, 0) is 9.53 Å². The van der Waals surface area contributed by atoms with Crippen LogP contribution >= 0.6 is 11.3 Å². The molecule has 5 nitrogen and oxygen atoms in total. The smallest absolute Gasteiger partial charge is 0.263 e. The Labute approximate surface area is 147 Å². The number of amides is 2. The van der Waals surface area contributed by atoms with Crippen molar-refractivity contribution in [1.29, 1.82) is 0 Å². The molecule has 0 aromatic carbocycles. The zero-order valence-electron chi connectivity index (χ0n) is 14.5. The first-order chi connectivity index (χ1) is 11.6. The molecule has 0 spiro atoms. The highest BCUT2D eigenvalue weighted by Crippen LogP contribution is 2.25. The van der Waals surface area contributed by atoms with E-state index in [9.17, 15) is 9.59 Å². The summed E-state index contributed by atoms with van der Waals surface area (Å²) >= 11 is 1.57. The molecule has 2 saturated heterocycles. The summed E-state index contributed by atoms with van der Waals surface area (Å²) < 4.78 is 5.17. The van der Waals surface area contributed by atoms with Gasteiger partial charge in [0.2, 0.25) is 5.91 Å². The molecule has 2 aliphatic rings. The number of rotatable bonds is 5. The molecule has 1 unspecified atom stereocenters. The standard InChI is InChI=1S/C18H26N2O3S/c1-13-3-4-16(24-13)18(22)19-7-5-14(6-8-19)10-20-11-15(12-23-2)9-17(20)21/h3-4,14-15H,5-12H2,1-2H3. The number of thiophene rings is 1. The first-order valence-corrected chi connectivity index (χ1v) is 9.51.